The molecule has 0 aliphatic heterocycles. The Balaban J connectivity index is 0.000000620. The molecule has 0 amide bonds. The molecule has 0 fully saturated rings. The molecule has 0 unspecified atom stereocenters. The molecule has 0 aliphatic carbocycles. The molecule has 0 atom stereocenters. The largest absolute Gasteiger partial charge is 0.478 e. The first-order valence-corrected chi connectivity index (χ1v) is 11.1. The number of likely N-dealkylation sites (N-methyl/N-ethyl adjacent to an activating group) is 1. The highest BCUT2D eigenvalue weighted by atomic mass is 16.5. The summed E-state index contributed by atoms with van der Waals surface area (Å²) >= 11 is 0. The second-order valence-electron chi connectivity index (χ2n) is 8.29. The van der Waals surface area contributed by atoms with Crippen LogP contribution in [-0.2, 0) is 19.1 Å². The van der Waals surface area contributed by atoms with Crippen LogP contribution in [0.3, 0.4) is 0 Å². The van der Waals surface area contributed by atoms with Gasteiger partial charge in [0, 0.05) is 18.7 Å². The molecule has 2 N–H and O–H groups in total. The summed E-state index contributed by atoms with van der Waals surface area (Å²) < 4.78 is 12.1. The topological polar surface area (TPSA) is 96.3 Å². The van der Waals surface area contributed by atoms with Crippen LogP contribution in [0.15, 0.2) is 48.6 Å². The van der Waals surface area contributed by atoms with Gasteiger partial charge in [0.15, 0.2) is 0 Å². The number of hydrogen-bond donors (Lipinski definition) is 2. The van der Waals surface area contributed by atoms with Crippen LogP contribution in [0.1, 0.15) is 39.5 Å². The number of aryl methyl sites for hydroxylation is 4. The minimum absolute atomic E-state index is 0.0603. The molecular formula is C27H37NO6. The molecule has 0 spiro atoms. The average molecular weight is 472 g/mol. The van der Waals surface area contributed by atoms with Gasteiger partial charge >= 0.3 is 11.9 Å². The highest BCUT2D eigenvalue weighted by Gasteiger charge is 2.22. The van der Waals surface area contributed by atoms with Crippen LogP contribution < -0.4 is 0 Å². The third-order valence-electron chi connectivity index (χ3n) is 5.17. The molecule has 34 heavy (non-hydrogen) atoms. The number of carbonyl (C=O) groups is 2. The zero-order valence-electron chi connectivity index (χ0n) is 21.0. The van der Waals surface area contributed by atoms with Crippen molar-refractivity contribution in [2.75, 3.05) is 40.5 Å². The Bertz CT molecular complexity index is 860. The van der Waals surface area contributed by atoms with Crippen molar-refractivity contribution >= 4 is 11.9 Å². The van der Waals surface area contributed by atoms with E-state index in [-0.39, 0.29) is 6.10 Å². The van der Waals surface area contributed by atoms with Crippen molar-refractivity contribution in [1.29, 1.82) is 0 Å². The van der Waals surface area contributed by atoms with E-state index in [9.17, 15) is 9.59 Å². The standard InChI is InChI=1S/C23H33NO2.C4H4O4/c1-17-9-7-10-18(2)21(17)23(22-19(3)11-8-12-20(22)4)26-16-15-25-14-13-24(5)6;5-3(6)1-2-4(7)8/h7-12,23H,13-16H2,1-6H3;1-2H,(H,5,6)(H,7,8)/b;2-1-. The second kappa shape index (κ2) is 15.0. The minimum Gasteiger partial charge on any atom is -0.478 e. The van der Waals surface area contributed by atoms with Crippen molar-refractivity contribution in [1.82, 2.24) is 4.90 Å². The van der Waals surface area contributed by atoms with Gasteiger partial charge < -0.3 is 24.6 Å². The third-order valence-corrected chi connectivity index (χ3v) is 5.17. The number of carboxylic acids is 2. The monoisotopic (exact) mass is 471 g/mol. The predicted molar refractivity (Wildman–Crippen MR) is 133 cm³/mol. The van der Waals surface area contributed by atoms with Crippen molar-refractivity contribution in [3.8, 4) is 0 Å². The number of benzene rings is 2. The number of ether oxygens (including phenoxy) is 2. The molecule has 7 heteroatoms. The van der Waals surface area contributed by atoms with Gasteiger partial charge in [-0.15, -0.1) is 0 Å². The van der Waals surface area contributed by atoms with Gasteiger partial charge in [0.05, 0.1) is 19.8 Å². The SMILES string of the molecule is Cc1cccc(C)c1C(OCCOCCN(C)C)c1c(C)cccc1C.O=C(O)/C=C\C(=O)O. The summed E-state index contributed by atoms with van der Waals surface area (Å²) in [6, 6.07) is 12.9. The summed E-state index contributed by atoms with van der Waals surface area (Å²) in [6.07, 6.45) is 1.06. The molecule has 0 aromatic heterocycles. The average Bonchev–Trinajstić information content (AvgIpc) is 2.74. The fourth-order valence-corrected chi connectivity index (χ4v) is 3.51. The van der Waals surface area contributed by atoms with E-state index in [1.165, 1.54) is 33.4 Å². The molecule has 2 rings (SSSR count). The molecule has 0 aliphatic rings. The maximum atomic E-state index is 9.55. The van der Waals surface area contributed by atoms with Gasteiger partial charge in [0.2, 0.25) is 0 Å². The van der Waals surface area contributed by atoms with E-state index in [0.29, 0.717) is 25.4 Å². The van der Waals surface area contributed by atoms with E-state index < -0.39 is 11.9 Å². The van der Waals surface area contributed by atoms with Crippen LogP contribution in [0.5, 0.6) is 0 Å². The molecule has 0 saturated heterocycles. The molecule has 7 nitrogen and oxygen atoms in total. The summed E-state index contributed by atoms with van der Waals surface area (Å²) in [5.74, 6) is -2.51. The number of carboxylic acid groups (broad SMARTS) is 2. The fourth-order valence-electron chi connectivity index (χ4n) is 3.51. The Morgan fingerprint density at radius 1 is 0.794 bits per heavy atom. The van der Waals surface area contributed by atoms with Crippen LogP contribution in [-0.4, -0.2) is 67.5 Å². The Morgan fingerprint density at radius 3 is 1.56 bits per heavy atom. The van der Waals surface area contributed by atoms with Crippen LogP contribution in [0, 0.1) is 27.7 Å². The smallest absolute Gasteiger partial charge is 0.328 e. The Kier molecular flexibility index (Phi) is 12.8. The van der Waals surface area contributed by atoms with Crippen LogP contribution in [0.25, 0.3) is 0 Å². The molecule has 0 saturated carbocycles. The highest BCUT2D eigenvalue weighted by molar-refractivity contribution is 5.89. The maximum Gasteiger partial charge on any atom is 0.328 e. The fraction of sp³-hybridized carbons (Fsp3) is 0.407. The number of hydrogen-bond acceptors (Lipinski definition) is 5. The summed E-state index contributed by atoms with van der Waals surface area (Å²) in [7, 11) is 4.11. The summed E-state index contributed by atoms with van der Waals surface area (Å²) in [4.78, 5) is 21.2. The second-order valence-corrected chi connectivity index (χ2v) is 8.29. The lowest BCUT2D eigenvalue weighted by Crippen LogP contribution is -2.20. The minimum atomic E-state index is -1.26. The van der Waals surface area contributed by atoms with Gasteiger partial charge in [-0.2, -0.15) is 0 Å². The predicted octanol–water partition coefficient (Wildman–Crippen LogP) is 4.32. The number of nitrogens with zero attached hydrogens (tertiary/aromatic N) is 1. The van der Waals surface area contributed by atoms with E-state index in [1.807, 2.05) is 0 Å². The van der Waals surface area contributed by atoms with Crippen molar-refractivity contribution in [2.45, 2.75) is 33.8 Å². The lowest BCUT2D eigenvalue weighted by atomic mass is 9.89. The third kappa shape index (κ3) is 10.3. The van der Waals surface area contributed by atoms with Crippen LogP contribution in [0.2, 0.25) is 0 Å². The Hall–Kier alpha value is -3.00. The Labute approximate surface area is 202 Å². The molecular weight excluding hydrogens is 434 g/mol. The molecule has 2 aromatic carbocycles. The lowest BCUT2D eigenvalue weighted by molar-refractivity contribution is -0.134. The van der Waals surface area contributed by atoms with Crippen molar-refractivity contribution in [2.24, 2.45) is 0 Å². The van der Waals surface area contributed by atoms with E-state index in [2.05, 4.69) is 83.1 Å². The van der Waals surface area contributed by atoms with Crippen molar-refractivity contribution in [3.05, 3.63) is 81.9 Å². The van der Waals surface area contributed by atoms with Gasteiger partial charge in [0.1, 0.15) is 6.10 Å². The van der Waals surface area contributed by atoms with Crippen molar-refractivity contribution in [3.63, 3.8) is 0 Å². The summed E-state index contributed by atoms with van der Waals surface area (Å²) in [6.45, 7) is 11.5. The first-order valence-electron chi connectivity index (χ1n) is 11.1. The summed E-state index contributed by atoms with van der Waals surface area (Å²) in [5, 5.41) is 15.6. The highest BCUT2D eigenvalue weighted by Crippen LogP contribution is 2.34. The molecule has 186 valence electrons. The van der Waals surface area contributed by atoms with E-state index in [0.717, 1.165) is 13.2 Å². The van der Waals surface area contributed by atoms with Gasteiger partial charge in [0.25, 0.3) is 0 Å². The molecule has 0 radical (unpaired) electrons. The van der Waals surface area contributed by atoms with Crippen LogP contribution in [0.4, 0.5) is 0 Å². The first-order chi connectivity index (χ1) is 16.0. The lowest BCUT2D eigenvalue weighted by Gasteiger charge is -2.26. The van der Waals surface area contributed by atoms with E-state index in [4.69, 9.17) is 19.7 Å². The molecule has 0 bridgehead atoms. The number of aliphatic carboxylic acids is 2. The van der Waals surface area contributed by atoms with Crippen LogP contribution >= 0.6 is 0 Å². The normalized spacial score (nSPS) is 11.1. The first kappa shape index (κ1) is 29.0. The van der Waals surface area contributed by atoms with Gasteiger partial charge in [-0.25, -0.2) is 9.59 Å². The maximum absolute atomic E-state index is 9.55. The quantitative estimate of drug-likeness (QED) is 0.372. The van der Waals surface area contributed by atoms with Gasteiger partial charge in [-0.05, 0) is 75.2 Å². The van der Waals surface area contributed by atoms with Gasteiger partial charge in [-0.3, -0.25) is 0 Å². The van der Waals surface area contributed by atoms with E-state index >= 15 is 0 Å². The van der Waals surface area contributed by atoms with E-state index in [1.54, 1.807) is 0 Å². The van der Waals surface area contributed by atoms with Gasteiger partial charge in [-0.1, -0.05) is 36.4 Å². The molecule has 2 aromatic rings. The molecule has 0 heterocycles. The summed E-state index contributed by atoms with van der Waals surface area (Å²) in [5.41, 5.74) is 7.63. The Morgan fingerprint density at radius 2 is 1.21 bits per heavy atom. The zero-order valence-corrected chi connectivity index (χ0v) is 21.0. The number of rotatable bonds is 11. The van der Waals surface area contributed by atoms with Crippen molar-refractivity contribution < 1.29 is 29.3 Å². The zero-order chi connectivity index (χ0) is 25.7.